The normalized spacial score (nSPS) is 27.3. The molecule has 2 rings (SSSR count). The summed E-state index contributed by atoms with van der Waals surface area (Å²) in [6.07, 6.45) is 5.70. The van der Waals surface area contributed by atoms with Gasteiger partial charge in [0.05, 0.1) is 19.1 Å². The van der Waals surface area contributed by atoms with Crippen molar-refractivity contribution in [2.75, 3.05) is 26.8 Å². The number of carbonyl (C=O) groups excluding carboxylic acids is 2. The standard InChI is InChI=1S/C14H23NO4/c1-18-14(17)11-7-8-15(10-11)13(16)6-5-12-4-2-3-9-19-12/h11-12H,2-10H2,1H3. The van der Waals surface area contributed by atoms with Crippen LogP contribution in [0.5, 0.6) is 0 Å². The highest BCUT2D eigenvalue weighted by atomic mass is 16.5. The number of likely N-dealkylation sites (tertiary alicyclic amines) is 1. The summed E-state index contributed by atoms with van der Waals surface area (Å²) < 4.78 is 10.3. The van der Waals surface area contributed by atoms with Crippen LogP contribution in [0.3, 0.4) is 0 Å². The minimum absolute atomic E-state index is 0.139. The van der Waals surface area contributed by atoms with Crippen molar-refractivity contribution >= 4 is 11.9 Å². The molecule has 0 spiro atoms. The lowest BCUT2D eigenvalue weighted by Gasteiger charge is -2.23. The summed E-state index contributed by atoms with van der Waals surface area (Å²) >= 11 is 0. The van der Waals surface area contributed by atoms with Gasteiger partial charge in [-0.05, 0) is 32.1 Å². The Labute approximate surface area is 114 Å². The van der Waals surface area contributed by atoms with Crippen LogP contribution in [0.4, 0.5) is 0 Å². The van der Waals surface area contributed by atoms with Gasteiger partial charge in [0.15, 0.2) is 0 Å². The van der Waals surface area contributed by atoms with E-state index in [2.05, 4.69) is 0 Å². The second kappa shape index (κ2) is 6.89. The highest BCUT2D eigenvalue weighted by molar-refractivity contribution is 5.79. The molecule has 5 nitrogen and oxygen atoms in total. The first-order chi connectivity index (χ1) is 9.20. The first kappa shape index (κ1) is 14.3. The maximum Gasteiger partial charge on any atom is 0.310 e. The monoisotopic (exact) mass is 269 g/mol. The van der Waals surface area contributed by atoms with Gasteiger partial charge in [-0.15, -0.1) is 0 Å². The Bertz CT molecular complexity index is 325. The van der Waals surface area contributed by atoms with E-state index in [0.717, 1.165) is 32.3 Å². The van der Waals surface area contributed by atoms with Crippen molar-refractivity contribution in [3.8, 4) is 0 Å². The zero-order chi connectivity index (χ0) is 13.7. The van der Waals surface area contributed by atoms with E-state index in [1.54, 1.807) is 4.90 Å². The molecule has 2 saturated heterocycles. The summed E-state index contributed by atoms with van der Waals surface area (Å²) in [5, 5.41) is 0. The molecule has 108 valence electrons. The number of rotatable bonds is 4. The molecule has 0 aromatic rings. The van der Waals surface area contributed by atoms with Gasteiger partial charge in [-0.25, -0.2) is 0 Å². The predicted octanol–water partition coefficient (Wildman–Crippen LogP) is 1.36. The highest BCUT2D eigenvalue weighted by Gasteiger charge is 2.31. The molecule has 0 radical (unpaired) electrons. The number of hydrogen-bond acceptors (Lipinski definition) is 4. The molecule has 2 aliphatic rings. The summed E-state index contributed by atoms with van der Waals surface area (Å²) in [5.74, 6) is -0.202. The number of nitrogens with zero attached hydrogens (tertiary/aromatic N) is 1. The molecule has 0 aliphatic carbocycles. The van der Waals surface area contributed by atoms with Gasteiger partial charge in [-0.2, -0.15) is 0 Å². The third-order valence-corrected chi connectivity index (χ3v) is 4.03. The van der Waals surface area contributed by atoms with Gasteiger partial charge in [0.2, 0.25) is 5.91 Å². The molecule has 2 heterocycles. The quantitative estimate of drug-likeness (QED) is 0.723. The second-order valence-corrected chi connectivity index (χ2v) is 5.38. The van der Waals surface area contributed by atoms with Crippen LogP contribution in [-0.2, 0) is 19.1 Å². The largest absolute Gasteiger partial charge is 0.469 e. The number of methoxy groups -OCH3 is 1. The van der Waals surface area contributed by atoms with Crippen molar-refractivity contribution in [2.24, 2.45) is 5.92 Å². The van der Waals surface area contributed by atoms with Crippen LogP contribution in [0.2, 0.25) is 0 Å². The van der Waals surface area contributed by atoms with Crippen molar-refractivity contribution in [3.63, 3.8) is 0 Å². The molecule has 0 aromatic carbocycles. The van der Waals surface area contributed by atoms with Crippen molar-refractivity contribution in [1.82, 2.24) is 4.90 Å². The van der Waals surface area contributed by atoms with E-state index in [4.69, 9.17) is 9.47 Å². The van der Waals surface area contributed by atoms with Gasteiger partial charge in [0.1, 0.15) is 0 Å². The number of amides is 1. The molecule has 19 heavy (non-hydrogen) atoms. The predicted molar refractivity (Wildman–Crippen MR) is 69.5 cm³/mol. The van der Waals surface area contributed by atoms with Crippen LogP contribution in [0.15, 0.2) is 0 Å². The van der Waals surface area contributed by atoms with E-state index >= 15 is 0 Å². The fourth-order valence-electron chi connectivity index (χ4n) is 2.82. The number of ether oxygens (including phenoxy) is 2. The lowest BCUT2D eigenvalue weighted by atomic mass is 10.0. The van der Waals surface area contributed by atoms with Crippen LogP contribution in [0.25, 0.3) is 0 Å². The van der Waals surface area contributed by atoms with Crippen molar-refractivity contribution in [3.05, 3.63) is 0 Å². The van der Waals surface area contributed by atoms with Gasteiger partial charge < -0.3 is 14.4 Å². The molecular weight excluding hydrogens is 246 g/mol. The zero-order valence-electron chi connectivity index (χ0n) is 11.6. The van der Waals surface area contributed by atoms with Crippen molar-refractivity contribution in [1.29, 1.82) is 0 Å². The van der Waals surface area contributed by atoms with Crippen molar-refractivity contribution in [2.45, 2.75) is 44.6 Å². The molecule has 2 fully saturated rings. The minimum atomic E-state index is -0.203. The number of carbonyl (C=O) groups is 2. The molecule has 1 amide bonds. The van der Waals surface area contributed by atoms with Crippen LogP contribution >= 0.6 is 0 Å². The Morgan fingerprint density at radius 3 is 2.84 bits per heavy atom. The maximum absolute atomic E-state index is 12.1. The smallest absolute Gasteiger partial charge is 0.310 e. The second-order valence-electron chi connectivity index (χ2n) is 5.38. The van der Waals surface area contributed by atoms with E-state index in [-0.39, 0.29) is 23.9 Å². The van der Waals surface area contributed by atoms with Gasteiger partial charge >= 0.3 is 5.97 Å². The number of esters is 1. The third kappa shape index (κ3) is 3.93. The van der Waals surface area contributed by atoms with Gasteiger partial charge in [0.25, 0.3) is 0 Å². The summed E-state index contributed by atoms with van der Waals surface area (Å²) in [4.78, 5) is 25.3. The molecule has 2 atom stereocenters. The van der Waals surface area contributed by atoms with Crippen LogP contribution in [0, 0.1) is 5.92 Å². The van der Waals surface area contributed by atoms with Crippen molar-refractivity contribution < 1.29 is 19.1 Å². The van der Waals surface area contributed by atoms with E-state index in [0.29, 0.717) is 19.5 Å². The molecule has 0 aromatic heterocycles. The van der Waals surface area contributed by atoms with Crippen LogP contribution in [0.1, 0.15) is 38.5 Å². The lowest BCUT2D eigenvalue weighted by Crippen LogP contribution is -2.31. The first-order valence-corrected chi connectivity index (χ1v) is 7.18. The summed E-state index contributed by atoms with van der Waals surface area (Å²) in [5.41, 5.74) is 0. The zero-order valence-corrected chi connectivity index (χ0v) is 11.6. The Kier molecular flexibility index (Phi) is 5.19. The Morgan fingerprint density at radius 1 is 1.32 bits per heavy atom. The van der Waals surface area contributed by atoms with Gasteiger partial charge in [-0.3, -0.25) is 9.59 Å². The SMILES string of the molecule is COC(=O)C1CCN(C(=O)CCC2CCCCO2)C1. The van der Waals surface area contributed by atoms with E-state index in [1.807, 2.05) is 0 Å². The Balaban J connectivity index is 1.70. The maximum atomic E-state index is 12.1. The van der Waals surface area contributed by atoms with E-state index in [9.17, 15) is 9.59 Å². The number of hydrogen-bond donors (Lipinski definition) is 0. The fraction of sp³-hybridized carbons (Fsp3) is 0.857. The molecular formula is C14H23NO4. The summed E-state index contributed by atoms with van der Waals surface area (Å²) in [7, 11) is 1.40. The van der Waals surface area contributed by atoms with Crippen LogP contribution in [-0.4, -0.2) is 49.7 Å². The topological polar surface area (TPSA) is 55.8 Å². The summed E-state index contributed by atoms with van der Waals surface area (Å²) in [6.45, 7) is 2.01. The Hall–Kier alpha value is -1.10. The molecule has 0 bridgehead atoms. The fourth-order valence-corrected chi connectivity index (χ4v) is 2.82. The first-order valence-electron chi connectivity index (χ1n) is 7.18. The average molecular weight is 269 g/mol. The van der Waals surface area contributed by atoms with Gasteiger partial charge in [0, 0.05) is 26.1 Å². The van der Waals surface area contributed by atoms with Gasteiger partial charge in [-0.1, -0.05) is 0 Å². The molecule has 0 N–H and O–H groups in total. The van der Waals surface area contributed by atoms with Crippen LogP contribution < -0.4 is 0 Å². The molecule has 5 heteroatoms. The van der Waals surface area contributed by atoms with E-state index < -0.39 is 0 Å². The average Bonchev–Trinajstić information content (AvgIpc) is 2.95. The lowest BCUT2D eigenvalue weighted by molar-refractivity contribution is -0.145. The Morgan fingerprint density at radius 2 is 2.16 bits per heavy atom. The molecule has 2 unspecified atom stereocenters. The minimum Gasteiger partial charge on any atom is -0.469 e. The highest BCUT2D eigenvalue weighted by Crippen LogP contribution is 2.21. The third-order valence-electron chi connectivity index (χ3n) is 4.03. The molecule has 0 saturated carbocycles. The van der Waals surface area contributed by atoms with E-state index in [1.165, 1.54) is 13.5 Å². The molecule has 2 aliphatic heterocycles. The summed E-state index contributed by atoms with van der Waals surface area (Å²) in [6, 6.07) is 0.